The summed E-state index contributed by atoms with van der Waals surface area (Å²) in [6.07, 6.45) is 7.63. The topological polar surface area (TPSA) is 133 Å². The summed E-state index contributed by atoms with van der Waals surface area (Å²) in [5, 5.41) is 34.5. The first-order valence-corrected chi connectivity index (χ1v) is 9.07. The van der Waals surface area contributed by atoms with Crippen LogP contribution in [-0.4, -0.2) is 32.6 Å². The molecule has 2 aromatic heterocycles. The van der Waals surface area contributed by atoms with Crippen molar-refractivity contribution in [2.75, 3.05) is 0 Å². The van der Waals surface area contributed by atoms with Crippen molar-refractivity contribution in [3.8, 4) is 0 Å². The predicted octanol–water partition coefficient (Wildman–Crippen LogP) is 2.13. The minimum Gasteiger partial charge on any atom is -0.481 e. The summed E-state index contributed by atoms with van der Waals surface area (Å²) >= 11 is 0. The molecule has 0 saturated carbocycles. The van der Waals surface area contributed by atoms with Gasteiger partial charge in [-0.05, 0) is 12.1 Å². The lowest BCUT2D eigenvalue weighted by Crippen LogP contribution is -2.33. The van der Waals surface area contributed by atoms with E-state index in [0.717, 1.165) is 0 Å². The van der Waals surface area contributed by atoms with Gasteiger partial charge in [-0.3, -0.25) is 9.59 Å². The number of carbonyl (C=O) groups is 2. The van der Waals surface area contributed by atoms with Crippen LogP contribution in [0.5, 0.6) is 0 Å². The van der Waals surface area contributed by atoms with Gasteiger partial charge in [-0.2, -0.15) is 0 Å². The monoisotopic (exact) mass is 399 g/mol. The molecule has 0 amide bonds. The molecular formula is C19H23N6O4+. The van der Waals surface area contributed by atoms with Gasteiger partial charge in [0.25, 0.3) is 0 Å². The molecule has 0 aliphatic carbocycles. The summed E-state index contributed by atoms with van der Waals surface area (Å²) in [7, 11) is 0. The first kappa shape index (κ1) is 21.6. The Morgan fingerprint density at radius 3 is 2.28 bits per heavy atom. The van der Waals surface area contributed by atoms with Gasteiger partial charge in [0.1, 0.15) is 6.42 Å². The van der Waals surface area contributed by atoms with Crippen molar-refractivity contribution in [3.05, 3.63) is 54.4 Å². The summed E-state index contributed by atoms with van der Waals surface area (Å²) in [4.78, 5) is 21.2. The van der Waals surface area contributed by atoms with Crippen LogP contribution in [0.4, 0.5) is 5.69 Å². The van der Waals surface area contributed by atoms with Gasteiger partial charge in [0.15, 0.2) is 24.8 Å². The van der Waals surface area contributed by atoms with Crippen molar-refractivity contribution in [1.29, 1.82) is 0 Å². The number of carboxylic acids is 2. The van der Waals surface area contributed by atoms with Gasteiger partial charge < -0.3 is 14.8 Å². The molecule has 0 bridgehead atoms. The number of amidine groups is 1. The van der Waals surface area contributed by atoms with E-state index in [1.165, 1.54) is 0 Å². The van der Waals surface area contributed by atoms with E-state index in [2.05, 4.69) is 20.4 Å². The fourth-order valence-electron chi connectivity index (χ4n) is 2.17. The van der Waals surface area contributed by atoms with Crippen molar-refractivity contribution in [2.45, 2.75) is 39.3 Å². The summed E-state index contributed by atoms with van der Waals surface area (Å²) in [5.41, 5.74) is 0.622. The molecule has 2 heterocycles. The Morgan fingerprint density at radius 2 is 1.69 bits per heavy atom. The highest BCUT2D eigenvalue weighted by Gasteiger charge is 2.04. The molecule has 0 fully saturated rings. The molecule has 10 heteroatoms. The fraction of sp³-hybridized carbons (Fsp3) is 0.316. The molecule has 0 aliphatic rings. The van der Waals surface area contributed by atoms with E-state index in [1.54, 1.807) is 58.2 Å². The standard InChI is InChI=1S/C19H22N6O4/c1-2-17(22-20-15-3-9-24(10-4-15)13-7-18(26)27)23-21-16-5-11-25(12-6-16)14-8-19(28)29/h3-6,9-12H,2,7-8,13-14H2,1H3,(H-,26,27,28,29)/p+1. The lowest BCUT2D eigenvalue weighted by Gasteiger charge is -2.02. The third-order valence-electron chi connectivity index (χ3n) is 3.79. The molecule has 0 unspecified atom stereocenters. The molecule has 0 aromatic carbocycles. The maximum absolute atomic E-state index is 10.6. The number of aryl methyl sites for hydroxylation is 2. The third kappa shape index (κ3) is 8.24. The Balaban J connectivity index is 2.01. The number of aromatic nitrogens is 2. The van der Waals surface area contributed by atoms with E-state index < -0.39 is 11.9 Å². The summed E-state index contributed by atoms with van der Waals surface area (Å²) in [6, 6.07) is 6.96. The largest absolute Gasteiger partial charge is 0.481 e. The molecule has 0 spiro atoms. The predicted molar refractivity (Wildman–Crippen MR) is 103 cm³/mol. The highest BCUT2D eigenvalue weighted by molar-refractivity contribution is 5.82. The van der Waals surface area contributed by atoms with Crippen LogP contribution < -0.4 is 9.92 Å². The zero-order valence-electron chi connectivity index (χ0n) is 16.0. The second kappa shape index (κ2) is 11.2. The SMILES string of the molecule is CCC(N=Nc1cc[n+](CCC(=O)O)cc1)=NN=c1ccn(CCC(=O)O)cc1. The van der Waals surface area contributed by atoms with Crippen molar-refractivity contribution < 1.29 is 24.4 Å². The highest BCUT2D eigenvalue weighted by atomic mass is 16.4. The van der Waals surface area contributed by atoms with E-state index in [-0.39, 0.29) is 12.8 Å². The zero-order chi connectivity index (χ0) is 21.1. The van der Waals surface area contributed by atoms with E-state index in [9.17, 15) is 9.59 Å². The second-order valence-corrected chi connectivity index (χ2v) is 6.05. The van der Waals surface area contributed by atoms with Crippen LogP contribution in [0.25, 0.3) is 0 Å². The van der Waals surface area contributed by atoms with Crippen LogP contribution >= 0.6 is 0 Å². The molecule has 2 rings (SSSR count). The van der Waals surface area contributed by atoms with Gasteiger partial charge in [0.2, 0.25) is 0 Å². The normalized spacial score (nSPS) is 11.6. The number of hydrogen-bond donors (Lipinski definition) is 2. The van der Waals surface area contributed by atoms with Crippen LogP contribution in [0, 0.1) is 0 Å². The summed E-state index contributed by atoms with van der Waals surface area (Å²) in [6.45, 7) is 2.67. The Hall–Kier alpha value is -3.69. The number of hydrogen-bond acceptors (Lipinski definition) is 5. The number of nitrogens with zero attached hydrogens (tertiary/aromatic N) is 6. The first-order valence-electron chi connectivity index (χ1n) is 9.07. The Bertz CT molecular complexity index is 943. The molecule has 152 valence electrons. The maximum Gasteiger partial charge on any atom is 0.309 e. The van der Waals surface area contributed by atoms with Gasteiger partial charge in [-0.25, -0.2) is 4.57 Å². The fourth-order valence-corrected chi connectivity index (χ4v) is 2.17. The van der Waals surface area contributed by atoms with Crippen LogP contribution in [0.2, 0.25) is 0 Å². The Labute approximate surface area is 167 Å². The van der Waals surface area contributed by atoms with E-state index in [4.69, 9.17) is 10.2 Å². The first-order chi connectivity index (χ1) is 14.0. The number of pyridine rings is 2. The lowest BCUT2D eigenvalue weighted by molar-refractivity contribution is -0.695. The number of azo groups is 1. The quantitative estimate of drug-likeness (QED) is 0.220. The summed E-state index contributed by atoms with van der Waals surface area (Å²) < 4.78 is 3.52. The van der Waals surface area contributed by atoms with Gasteiger partial charge in [0.05, 0.1) is 17.5 Å². The Kier molecular flexibility index (Phi) is 8.36. The smallest absolute Gasteiger partial charge is 0.309 e. The van der Waals surface area contributed by atoms with Crippen LogP contribution in [-0.2, 0) is 22.7 Å². The zero-order valence-corrected chi connectivity index (χ0v) is 16.0. The molecule has 0 atom stereocenters. The maximum atomic E-state index is 10.6. The number of rotatable bonds is 9. The van der Waals surface area contributed by atoms with Crippen LogP contribution in [0.15, 0.2) is 69.5 Å². The van der Waals surface area contributed by atoms with Crippen molar-refractivity contribution >= 4 is 23.5 Å². The van der Waals surface area contributed by atoms with Crippen LogP contribution in [0.3, 0.4) is 0 Å². The second-order valence-electron chi connectivity index (χ2n) is 6.05. The van der Waals surface area contributed by atoms with Crippen molar-refractivity contribution in [1.82, 2.24) is 4.57 Å². The molecule has 0 aliphatic heterocycles. The number of carboxylic acid groups (broad SMARTS) is 2. The molecular weight excluding hydrogens is 376 g/mol. The van der Waals surface area contributed by atoms with Gasteiger partial charge in [-0.1, -0.05) is 6.92 Å². The van der Waals surface area contributed by atoms with E-state index in [0.29, 0.717) is 36.4 Å². The van der Waals surface area contributed by atoms with E-state index in [1.807, 2.05) is 6.92 Å². The van der Waals surface area contributed by atoms with Crippen LogP contribution in [0.1, 0.15) is 26.2 Å². The third-order valence-corrected chi connectivity index (χ3v) is 3.79. The molecule has 29 heavy (non-hydrogen) atoms. The average Bonchev–Trinajstić information content (AvgIpc) is 2.72. The lowest BCUT2D eigenvalue weighted by atomic mass is 10.4. The number of aliphatic carboxylic acids is 2. The summed E-state index contributed by atoms with van der Waals surface area (Å²) in [5.74, 6) is -1.24. The van der Waals surface area contributed by atoms with Gasteiger partial charge in [0, 0.05) is 37.5 Å². The van der Waals surface area contributed by atoms with Crippen molar-refractivity contribution in [2.24, 2.45) is 20.4 Å². The highest BCUT2D eigenvalue weighted by Crippen LogP contribution is 2.09. The Morgan fingerprint density at radius 1 is 1.03 bits per heavy atom. The average molecular weight is 399 g/mol. The molecule has 10 nitrogen and oxygen atoms in total. The van der Waals surface area contributed by atoms with Gasteiger partial charge >= 0.3 is 11.9 Å². The molecule has 2 aromatic rings. The van der Waals surface area contributed by atoms with Gasteiger partial charge in [-0.15, -0.1) is 20.4 Å². The van der Waals surface area contributed by atoms with Crippen molar-refractivity contribution in [3.63, 3.8) is 0 Å². The molecule has 0 saturated heterocycles. The molecule has 2 N–H and O–H groups in total. The minimum absolute atomic E-state index is 0.0543. The van der Waals surface area contributed by atoms with E-state index >= 15 is 0 Å². The molecule has 0 radical (unpaired) electrons. The minimum atomic E-state index is -0.845.